The summed E-state index contributed by atoms with van der Waals surface area (Å²) in [7, 11) is 3.86. The van der Waals surface area contributed by atoms with Gasteiger partial charge in [0.1, 0.15) is 11.2 Å². The molecule has 1 aliphatic heterocycles. The predicted molar refractivity (Wildman–Crippen MR) is 91.9 cm³/mol. The van der Waals surface area contributed by atoms with Crippen molar-refractivity contribution in [1.82, 2.24) is 10.3 Å². The van der Waals surface area contributed by atoms with E-state index >= 15 is 0 Å². The molecule has 0 radical (unpaired) electrons. The van der Waals surface area contributed by atoms with Crippen molar-refractivity contribution in [3.63, 3.8) is 0 Å². The molecule has 6 nitrogen and oxygen atoms in total. The van der Waals surface area contributed by atoms with Gasteiger partial charge < -0.3 is 15.0 Å². The lowest BCUT2D eigenvalue weighted by Crippen LogP contribution is -2.51. The van der Waals surface area contributed by atoms with E-state index in [-0.39, 0.29) is 5.91 Å². The SMILES string of the molecule is CN(C)c1cc(C(=O)NC2(C#N)CCOCC2)nc2ccccc12. The summed E-state index contributed by atoms with van der Waals surface area (Å²) in [6.07, 6.45) is 0.979. The summed E-state index contributed by atoms with van der Waals surface area (Å²) in [6, 6.07) is 11.7. The number of rotatable bonds is 3. The zero-order valence-corrected chi connectivity index (χ0v) is 13.9. The lowest BCUT2D eigenvalue weighted by molar-refractivity contribution is 0.0530. The number of carbonyl (C=O) groups excluding carboxylic acids is 1. The van der Waals surface area contributed by atoms with E-state index in [9.17, 15) is 10.1 Å². The molecule has 2 heterocycles. The van der Waals surface area contributed by atoms with E-state index in [4.69, 9.17) is 4.74 Å². The Labute approximate surface area is 141 Å². The van der Waals surface area contributed by atoms with Crippen molar-refractivity contribution in [1.29, 1.82) is 5.26 Å². The van der Waals surface area contributed by atoms with E-state index in [0.29, 0.717) is 31.7 Å². The molecule has 0 spiro atoms. The molecule has 1 aliphatic rings. The standard InChI is InChI=1S/C18H20N4O2/c1-22(2)16-11-15(20-14-6-4-3-5-13(14)16)17(23)21-18(12-19)7-9-24-10-8-18/h3-6,11H,7-10H2,1-2H3,(H,21,23). The van der Waals surface area contributed by atoms with Crippen LogP contribution in [0.2, 0.25) is 0 Å². The van der Waals surface area contributed by atoms with Crippen LogP contribution in [0.1, 0.15) is 23.3 Å². The molecule has 6 heteroatoms. The van der Waals surface area contributed by atoms with Gasteiger partial charge in [-0.2, -0.15) is 5.26 Å². The van der Waals surface area contributed by atoms with Crippen LogP contribution in [0.25, 0.3) is 10.9 Å². The summed E-state index contributed by atoms with van der Waals surface area (Å²) in [5.41, 5.74) is 1.12. The Hall–Kier alpha value is -2.65. The number of pyridine rings is 1. The van der Waals surface area contributed by atoms with Crippen LogP contribution in [-0.4, -0.2) is 43.7 Å². The third-order valence-electron chi connectivity index (χ3n) is 4.32. The number of hydrogen-bond acceptors (Lipinski definition) is 5. The molecule has 124 valence electrons. The smallest absolute Gasteiger partial charge is 0.271 e. The number of aromatic nitrogens is 1. The topological polar surface area (TPSA) is 78.2 Å². The van der Waals surface area contributed by atoms with E-state index in [0.717, 1.165) is 16.6 Å². The van der Waals surface area contributed by atoms with Gasteiger partial charge in [0.25, 0.3) is 5.91 Å². The van der Waals surface area contributed by atoms with Gasteiger partial charge in [0.2, 0.25) is 0 Å². The number of anilines is 1. The van der Waals surface area contributed by atoms with Gasteiger partial charge in [-0.15, -0.1) is 0 Å². The molecule has 1 aromatic carbocycles. The van der Waals surface area contributed by atoms with Crippen molar-refractivity contribution in [3.8, 4) is 6.07 Å². The van der Waals surface area contributed by atoms with Crippen molar-refractivity contribution in [2.75, 3.05) is 32.2 Å². The Morgan fingerprint density at radius 3 is 2.71 bits per heavy atom. The monoisotopic (exact) mass is 324 g/mol. The zero-order chi connectivity index (χ0) is 17.2. The third-order valence-corrected chi connectivity index (χ3v) is 4.32. The Bertz CT molecular complexity index is 804. The van der Waals surface area contributed by atoms with Crippen molar-refractivity contribution in [3.05, 3.63) is 36.0 Å². The zero-order valence-electron chi connectivity index (χ0n) is 13.9. The normalized spacial score (nSPS) is 16.4. The van der Waals surface area contributed by atoms with Crippen LogP contribution < -0.4 is 10.2 Å². The van der Waals surface area contributed by atoms with E-state index in [1.54, 1.807) is 6.07 Å². The first-order valence-electron chi connectivity index (χ1n) is 7.93. The molecule has 0 atom stereocenters. The minimum absolute atomic E-state index is 0.318. The molecular formula is C18H20N4O2. The van der Waals surface area contributed by atoms with Crippen molar-refractivity contribution in [2.24, 2.45) is 0 Å². The molecule has 0 unspecified atom stereocenters. The number of ether oxygens (including phenoxy) is 1. The number of amides is 1. The fourth-order valence-electron chi connectivity index (χ4n) is 2.91. The molecule has 24 heavy (non-hydrogen) atoms. The molecule has 2 aromatic rings. The van der Waals surface area contributed by atoms with Crippen molar-refractivity contribution in [2.45, 2.75) is 18.4 Å². The lowest BCUT2D eigenvalue weighted by Gasteiger charge is -2.31. The minimum Gasteiger partial charge on any atom is -0.381 e. The highest BCUT2D eigenvalue weighted by Gasteiger charge is 2.35. The van der Waals surface area contributed by atoms with E-state index in [1.807, 2.05) is 43.3 Å². The number of benzene rings is 1. The van der Waals surface area contributed by atoms with Crippen LogP contribution >= 0.6 is 0 Å². The maximum absolute atomic E-state index is 12.7. The highest BCUT2D eigenvalue weighted by Crippen LogP contribution is 2.26. The van der Waals surface area contributed by atoms with Gasteiger partial charge in [0.15, 0.2) is 0 Å². The molecule has 1 saturated heterocycles. The summed E-state index contributed by atoms with van der Waals surface area (Å²) in [4.78, 5) is 19.1. The van der Waals surface area contributed by atoms with Crippen LogP contribution in [0.15, 0.2) is 30.3 Å². The Morgan fingerprint density at radius 1 is 1.33 bits per heavy atom. The molecule has 1 fully saturated rings. The van der Waals surface area contributed by atoms with E-state index in [2.05, 4.69) is 16.4 Å². The molecule has 0 aliphatic carbocycles. The van der Waals surface area contributed by atoms with E-state index < -0.39 is 5.54 Å². The summed E-state index contributed by atoms with van der Waals surface area (Å²) >= 11 is 0. The van der Waals surface area contributed by atoms with Gasteiger partial charge in [-0.05, 0) is 12.1 Å². The fraction of sp³-hybridized carbons (Fsp3) is 0.389. The summed E-state index contributed by atoms with van der Waals surface area (Å²) < 4.78 is 5.30. The van der Waals surface area contributed by atoms with Gasteiger partial charge in [0, 0.05) is 51.2 Å². The first-order valence-corrected chi connectivity index (χ1v) is 7.93. The number of carbonyl (C=O) groups is 1. The second-order valence-electron chi connectivity index (χ2n) is 6.20. The number of nitriles is 1. The van der Waals surface area contributed by atoms with Gasteiger partial charge >= 0.3 is 0 Å². The van der Waals surface area contributed by atoms with Crippen LogP contribution in [0.3, 0.4) is 0 Å². The summed E-state index contributed by atoms with van der Waals surface area (Å²) in [5, 5.41) is 13.4. The number of nitrogens with zero attached hydrogens (tertiary/aromatic N) is 3. The number of nitrogens with one attached hydrogen (secondary N) is 1. The highest BCUT2D eigenvalue weighted by atomic mass is 16.5. The average Bonchev–Trinajstić information content (AvgIpc) is 2.61. The largest absolute Gasteiger partial charge is 0.381 e. The third kappa shape index (κ3) is 3.03. The second-order valence-corrected chi connectivity index (χ2v) is 6.20. The number of fused-ring (bicyclic) bond motifs is 1. The predicted octanol–water partition coefficient (Wildman–Crippen LogP) is 2.10. The van der Waals surface area contributed by atoms with Crippen LogP contribution in [0.4, 0.5) is 5.69 Å². The Kier molecular flexibility index (Phi) is 4.36. The fourth-order valence-corrected chi connectivity index (χ4v) is 2.91. The minimum atomic E-state index is -0.874. The second kappa shape index (κ2) is 6.46. The number of hydrogen-bond donors (Lipinski definition) is 1. The molecule has 0 saturated carbocycles. The maximum atomic E-state index is 12.7. The molecule has 1 N–H and O–H groups in total. The van der Waals surface area contributed by atoms with Gasteiger partial charge in [0.05, 0.1) is 11.6 Å². The van der Waals surface area contributed by atoms with E-state index in [1.165, 1.54) is 0 Å². The van der Waals surface area contributed by atoms with Crippen molar-refractivity contribution >= 4 is 22.5 Å². The quantitative estimate of drug-likeness (QED) is 0.935. The van der Waals surface area contributed by atoms with Gasteiger partial charge in [-0.1, -0.05) is 18.2 Å². The Balaban J connectivity index is 1.96. The first kappa shape index (κ1) is 16.2. The maximum Gasteiger partial charge on any atom is 0.271 e. The molecule has 3 rings (SSSR count). The van der Waals surface area contributed by atoms with Gasteiger partial charge in [-0.3, -0.25) is 4.79 Å². The molecule has 1 amide bonds. The molecular weight excluding hydrogens is 304 g/mol. The summed E-state index contributed by atoms with van der Waals surface area (Å²) in [6.45, 7) is 0.948. The molecule has 0 bridgehead atoms. The van der Waals surface area contributed by atoms with Crippen molar-refractivity contribution < 1.29 is 9.53 Å². The first-order chi connectivity index (χ1) is 11.5. The number of para-hydroxylation sites is 1. The van der Waals surface area contributed by atoms with Crippen LogP contribution in [0, 0.1) is 11.3 Å². The highest BCUT2D eigenvalue weighted by molar-refractivity contribution is 6.00. The van der Waals surface area contributed by atoms with Crippen LogP contribution in [0.5, 0.6) is 0 Å². The summed E-state index contributed by atoms with van der Waals surface area (Å²) in [5.74, 6) is -0.327. The lowest BCUT2D eigenvalue weighted by atomic mass is 9.91. The molecule has 1 aromatic heterocycles. The van der Waals surface area contributed by atoms with Gasteiger partial charge in [-0.25, -0.2) is 4.98 Å². The van der Waals surface area contributed by atoms with Crippen LogP contribution in [-0.2, 0) is 4.74 Å². The Morgan fingerprint density at radius 2 is 2.04 bits per heavy atom. The average molecular weight is 324 g/mol.